The maximum Gasteiger partial charge on any atom is 0.248 e. The third-order valence-corrected chi connectivity index (χ3v) is 5.54. The summed E-state index contributed by atoms with van der Waals surface area (Å²) < 4.78 is 26.0. The number of rotatable bonds is 6. The van der Waals surface area contributed by atoms with Gasteiger partial charge in [0.05, 0.1) is 11.9 Å². The Morgan fingerprint density at radius 2 is 1.56 bits per heavy atom. The molecule has 1 N–H and O–H groups in total. The highest BCUT2D eigenvalue weighted by Crippen LogP contribution is 2.30. The van der Waals surface area contributed by atoms with Crippen molar-refractivity contribution in [1.82, 2.24) is 0 Å². The molecule has 146 valence electrons. The lowest BCUT2D eigenvalue weighted by Crippen LogP contribution is -2.47. The standard InChI is InChI=1S/C19H22Cl2N2O3S/c1-5-18(19(24)22-16-7-12(2)6-13(3)8-16)23(27(4,25)26)17-10-14(20)9-15(21)11-17/h6-11,18H,5H2,1-4H3,(H,22,24)/t18-/m1/s1. The Balaban J connectivity index is 2.44. The number of halogens is 2. The number of carbonyl (C=O) groups excluding carboxylic acids is 1. The summed E-state index contributed by atoms with van der Waals surface area (Å²) in [5.41, 5.74) is 2.87. The van der Waals surface area contributed by atoms with Gasteiger partial charge in [0.15, 0.2) is 0 Å². The summed E-state index contributed by atoms with van der Waals surface area (Å²) in [6, 6.07) is 9.16. The first-order valence-electron chi connectivity index (χ1n) is 8.36. The molecule has 0 radical (unpaired) electrons. The normalized spacial score (nSPS) is 12.5. The number of hydrogen-bond donors (Lipinski definition) is 1. The molecule has 2 rings (SSSR count). The molecule has 1 atom stereocenters. The van der Waals surface area contributed by atoms with Crippen LogP contribution in [0.15, 0.2) is 36.4 Å². The Morgan fingerprint density at radius 1 is 1.04 bits per heavy atom. The van der Waals surface area contributed by atoms with Gasteiger partial charge < -0.3 is 5.32 Å². The molecule has 0 aliphatic carbocycles. The number of benzene rings is 2. The zero-order valence-electron chi connectivity index (χ0n) is 15.6. The monoisotopic (exact) mass is 428 g/mol. The molecule has 5 nitrogen and oxygen atoms in total. The number of hydrogen-bond acceptors (Lipinski definition) is 3. The van der Waals surface area contributed by atoms with Crippen LogP contribution >= 0.6 is 23.2 Å². The van der Waals surface area contributed by atoms with Crippen LogP contribution in [0.3, 0.4) is 0 Å². The molecule has 1 amide bonds. The zero-order valence-corrected chi connectivity index (χ0v) is 17.9. The molecule has 0 spiro atoms. The molecule has 27 heavy (non-hydrogen) atoms. The van der Waals surface area contributed by atoms with E-state index >= 15 is 0 Å². The molecule has 0 aromatic heterocycles. The van der Waals surface area contributed by atoms with Crippen LogP contribution in [-0.2, 0) is 14.8 Å². The average Bonchev–Trinajstić information content (AvgIpc) is 2.48. The van der Waals surface area contributed by atoms with Gasteiger partial charge in [0.1, 0.15) is 6.04 Å². The van der Waals surface area contributed by atoms with E-state index in [0.29, 0.717) is 5.69 Å². The van der Waals surface area contributed by atoms with Crippen molar-refractivity contribution in [2.24, 2.45) is 0 Å². The largest absolute Gasteiger partial charge is 0.324 e. The second kappa shape index (κ2) is 8.50. The predicted molar refractivity (Wildman–Crippen MR) is 112 cm³/mol. The lowest BCUT2D eigenvalue weighted by molar-refractivity contribution is -0.117. The van der Waals surface area contributed by atoms with Gasteiger partial charge in [-0.15, -0.1) is 0 Å². The lowest BCUT2D eigenvalue weighted by Gasteiger charge is -2.30. The van der Waals surface area contributed by atoms with Crippen molar-refractivity contribution in [2.45, 2.75) is 33.2 Å². The maximum atomic E-state index is 12.9. The van der Waals surface area contributed by atoms with Crippen molar-refractivity contribution in [3.8, 4) is 0 Å². The summed E-state index contributed by atoms with van der Waals surface area (Å²) in [5, 5.41) is 3.39. The van der Waals surface area contributed by atoms with Crippen molar-refractivity contribution in [3.63, 3.8) is 0 Å². The van der Waals surface area contributed by atoms with Crippen molar-refractivity contribution in [3.05, 3.63) is 57.6 Å². The second-order valence-electron chi connectivity index (χ2n) is 6.48. The fourth-order valence-electron chi connectivity index (χ4n) is 3.00. The first-order valence-corrected chi connectivity index (χ1v) is 11.0. The minimum Gasteiger partial charge on any atom is -0.324 e. The molecule has 0 unspecified atom stereocenters. The van der Waals surface area contributed by atoms with Gasteiger partial charge in [-0.3, -0.25) is 9.10 Å². The van der Waals surface area contributed by atoms with E-state index in [1.807, 2.05) is 32.0 Å². The Hall–Kier alpha value is -1.76. The van der Waals surface area contributed by atoms with Gasteiger partial charge in [-0.2, -0.15) is 0 Å². The Morgan fingerprint density at radius 3 is 2.00 bits per heavy atom. The lowest BCUT2D eigenvalue weighted by atomic mass is 10.1. The molecule has 0 saturated heterocycles. The third-order valence-electron chi connectivity index (χ3n) is 3.92. The van der Waals surface area contributed by atoms with Gasteiger partial charge in [-0.25, -0.2) is 8.42 Å². The van der Waals surface area contributed by atoms with Gasteiger partial charge in [-0.05, 0) is 61.7 Å². The van der Waals surface area contributed by atoms with Crippen molar-refractivity contribution >= 4 is 50.5 Å². The summed E-state index contributed by atoms with van der Waals surface area (Å²) in [5.74, 6) is -0.427. The Bertz CT molecular complexity index is 921. The summed E-state index contributed by atoms with van der Waals surface area (Å²) in [4.78, 5) is 12.9. The smallest absolute Gasteiger partial charge is 0.248 e. The van der Waals surface area contributed by atoms with Crippen LogP contribution in [0.5, 0.6) is 0 Å². The molecule has 8 heteroatoms. The van der Waals surface area contributed by atoms with E-state index in [4.69, 9.17) is 23.2 Å². The number of nitrogens with one attached hydrogen (secondary N) is 1. The van der Waals surface area contributed by atoms with Crippen LogP contribution in [-0.4, -0.2) is 26.6 Å². The first-order chi connectivity index (χ1) is 12.5. The second-order valence-corrected chi connectivity index (χ2v) is 9.21. The zero-order chi connectivity index (χ0) is 20.4. The van der Waals surface area contributed by atoms with E-state index in [9.17, 15) is 13.2 Å². The minimum absolute atomic E-state index is 0.248. The van der Waals surface area contributed by atoms with Crippen LogP contribution < -0.4 is 9.62 Å². The average molecular weight is 429 g/mol. The topological polar surface area (TPSA) is 66.5 Å². The van der Waals surface area contributed by atoms with Crippen LogP contribution in [0, 0.1) is 13.8 Å². The van der Waals surface area contributed by atoms with Crippen molar-refractivity contribution in [2.75, 3.05) is 15.9 Å². The van der Waals surface area contributed by atoms with Crippen molar-refractivity contribution < 1.29 is 13.2 Å². The van der Waals surface area contributed by atoms with Crippen LogP contribution in [0.2, 0.25) is 10.0 Å². The molecule has 0 fully saturated rings. The first kappa shape index (κ1) is 21.5. The molecule has 0 aliphatic heterocycles. The number of sulfonamides is 1. The molecule has 0 bridgehead atoms. The van der Waals surface area contributed by atoms with Crippen LogP contribution in [0.25, 0.3) is 0 Å². The van der Waals surface area contributed by atoms with E-state index in [0.717, 1.165) is 21.7 Å². The SMILES string of the molecule is CC[C@H](C(=O)Nc1cc(C)cc(C)c1)N(c1cc(Cl)cc(Cl)c1)S(C)(=O)=O. The van der Waals surface area contributed by atoms with E-state index < -0.39 is 22.0 Å². The van der Waals surface area contributed by atoms with E-state index in [-0.39, 0.29) is 22.2 Å². The van der Waals surface area contributed by atoms with Crippen LogP contribution in [0.4, 0.5) is 11.4 Å². The quantitative estimate of drug-likeness (QED) is 0.718. The maximum absolute atomic E-state index is 12.9. The van der Waals surface area contributed by atoms with E-state index in [1.54, 1.807) is 6.92 Å². The highest BCUT2D eigenvalue weighted by atomic mass is 35.5. The summed E-state index contributed by atoms with van der Waals surface area (Å²) in [7, 11) is -3.76. The highest BCUT2D eigenvalue weighted by Gasteiger charge is 2.32. The predicted octanol–water partition coefficient (Wildman–Crippen LogP) is 4.79. The number of anilines is 2. The molecular formula is C19H22Cl2N2O3S. The molecule has 0 saturated carbocycles. The number of amides is 1. The van der Waals surface area contributed by atoms with E-state index in [1.165, 1.54) is 18.2 Å². The summed E-state index contributed by atoms with van der Waals surface area (Å²) in [6.45, 7) is 5.60. The van der Waals surface area contributed by atoms with E-state index in [2.05, 4.69) is 5.32 Å². The molecule has 2 aromatic carbocycles. The number of carbonyl (C=O) groups is 1. The fourth-order valence-corrected chi connectivity index (χ4v) is 4.71. The molecule has 2 aromatic rings. The Kier molecular flexibility index (Phi) is 6.78. The highest BCUT2D eigenvalue weighted by molar-refractivity contribution is 7.92. The van der Waals surface area contributed by atoms with Gasteiger partial charge in [0.25, 0.3) is 0 Å². The number of nitrogens with zero attached hydrogens (tertiary/aromatic N) is 1. The summed E-state index contributed by atoms with van der Waals surface area (Å²) in [6.07, 6.45) is 1.32. The molecular weight excluding hydrogens is 407 g/mol. The number of aryl methyl sites for hydroxylation is 2. The summed E-state index contributed by atoms with van der Waals surface area (Å²) >= 11 is 12.1. The van der Waals surface area contributed by atoms with Gasteiger partial charge in [0, 0.05) is 15.7 Å². The molecule has 0 aliphatic rings. The molecule has 0 heterocycles. The van der Waals surface area contributed by atoms with Gasteiger partial charge in [-0.1, -0.05) is 36.2 Å². The van der Waals surface area contributed by atoms with Gasteiger partial charge >= 0.3 is 0 Å². The Labute approximate surface area is 170 Å². The minimum atomic E-state index is -3.76. The third kappa shape index (κ3) is 5.61. The van der Waals surface area contributed by atoms with Gasteiger partial charge in [0.2, 0.25) is 15.9 Å². The van der Waals surface area contributed by atoms with Crippen molar-refractivity contribution in [1.29, 1.82) is 0 Å². The van der Waals surface area contributed by atoms with Crippen LogP contribution in [0.1, 0.15) is 24.5 Å². The fraction of sp³-hybridized carbons (Fsp3) is 0.316.